The summed E-state index contributed by atoms with van der Waals surface area (Å²) >= 11 is 3.45. The van der Waals surface area contributed by atoms with Gasteiger partial charge in [0.15, 0.2) is 0 Å². The van der Waals surface area contributed by atoms with E-state index in [0.717, 1.165) is 5.01 Å². The highest BCUT2D eigenvalue weighted by Gasteiger charge is 2.05. The number of aromatic nitrogens is 1. The second-order valence-electron chi connectivity index (χ2n) is 3.41. The summed E-state index contributed by atoms with van der Waals surface area (Å²) in [6.07, 6.45) is 1.95. The lowest BCUT2D eigenvalue weighted by molar-refractivity contribution is 1.42. The summed E-state index contributed by atoms with van der Waals surface area (Å²) in [6, 6.07) is 12.5. The van der Waals surface area contributed by atoms with Crippen molar-refractivity contribution in [1.29, 1.82) is 0 Å². The summed E-state index contributed by atoms with van der Waals surface area (Å²) in [6.45, 7) is 0. The van der Waals surface area contributed by atoms with Gasteiger partial charge in [-0.05, 0) is 17.0 Å². The van der Waals surface area contributed by atoms with E-state index in [-0.39, 0.29) is 0 Å². The molecule has 0 saturated heterocycles. The first-order valence-corrected chi connectivity index (χ1v) is 6.73. The molecular weight excluding hydrogens is 234 g/mol. The predicted molar refractivity (Wildman–Crippen MR) is 70.9 cm³/mol. The van der Waals surface area contributed by atoms with Gasteiger partial charge in [-0.15, -0.1) is 11.3 Å². The molecule has 0 atom stereocenters. The Labute approximate surface area is 102 Å². The van der Waals surface area contributed by atoms with Crippen LogP contribution in [0, 0.1) is 0 Å². The number of benzene rings is 1. The summed E-state index contributed by atoms with van der Waals surface area (Å²) < 4.78 is 0. The molecule has 0 aliphatic carbocycles. The molecule has 1 nitrogen and oxygen atoms in total. The summed E-state index contributed by atoms with van der Waals surface area (Å²) in [7, 11) is 0. The zero-order valence-corrected chi connectivity index (χ0v) is 10.1. The number of rotatable bonds is 2. The van der Waals surface area contributed by atoms with Gasteiger partial charge in [0.1, 0.15) is 5.01 Å². The average Bonchev–Trinajstić information content (AvgIpc) is 3.01. The standard InChI is InChI=1S/C13H9NS2/c1-2-4-10(5-3-1)12-8-14-13(16-12)11-6-7-15-9-11/h1-9H. The van der Waals surface area contributed by atoms with E-state index in [1.807, 2.05) is 12.3 Å². The van der Waals surface area contributed by atoms with Crippen LogP contribution in [0.5, 0.6) is 0 Å². The molecule has 78 valence electrons. The molecule has 1 aromatic carbocycles. The van der Waals surface area contributed by atoms with Crippen LogP contribution < -0.4 is 0 Å². The van der Waals surface area contributed by atoms with E-state index in [2.05, 4.69) is 46.1 Å². The van der Waals surface area contributed by atoms with E-state index in [1.54, 1.807) is 22.7 Å². The monoisotopic (exact) mass is 243 g/mol. The minimum absolute atomic E-state index is 1.10. The molecule has 2 aromatic heterocycles. The van der Waals surface area contributed by atoms with Crippen molar-refractivity contribution in [2.75, 3.05) is 0 Å². The summed E-state index contributed by atoms with van der Waals surface area (Å²) in [5, 5.41) is 5.31. The minimum atomic E-state index is 1.10. The fraction of sp³-hybridized carbons (Fsp3) is 0. The van der Waals surface area contributed by atoms with Crippen LogP contribution in [0.2, 0.25) is 0 Å². The van der Waals surface area contributed by atoms with E-state index in [9.17, 15) is 0 Å². The van der Waals surface area contributed by atoms with E-state index in [0.29, 0.717) is 0 Å². The largest absolute Gasteiger partial charge is 0.244 e. The molecule has 0 fully saturated rings. The number of nitrogens with zero attached hydrogens (tertiary/aromatic N) is 1. The van der Waals surface area contributed by atoms with Gasteiger partial charge in [0.2, 0.25) is 0 Å². The molecule has 3 rings (SSSR count). The Morgan fingerprint density at radius 3 is 2.56 bits per heavy atom. The Bertz CT molecular complexity index is 567. The third-order valence-corrected chi connectivity index (χ3v) is 4.11. The summed E-state index contributed by atoms with van der Waals surface area (Å²) in [5.74, 6) is 0. The molecule has 0 N–H and O–H groups in total. The molecule has 2 heterocycles. The number of hydrogen-bond donors (Lipinski definition) is 0. The lowest BCUT2D eigenvalue weighted by Crippen LogP contribution is -1.67. The maximum absolute atomic E-state index is 4.46. The highest BCUT2D eigenvalue weighted by atomic mass is 32.1. The molecule has 0 radical (unpaired) electrons. The van der Waals surface area contributed by atoms with Gasteiger partial charge in [-0.3, -0.25) is 0 Å². The predicted octanol–water partition coefficient (Wildman–Crippen LogP) is 4.54. The second-order valence-corrected chi connectivity index (χ2v) is 5.22. The first-order valence-electron chi connectivity index (χ1n) is 4.97. The quantitative estimate of drug-likeness (QED) is 0.644. The highest BCUT2D eigenvalue weighted by molar-refractivity contribution is 7.18. The third kappa shape index (κ3) is 1.79. The number of thiophene rings is 1. The summed E-state index contributed by atoms with van der Waals surface area (Å²) in [5.41, 5.74) is 2.46. The van der Waals surface area contributed by atoms with E-state index >= 15 is 0 Å². The molecule has 0 aliphatic heterocycles. The number of thiazole rings is 1. The fourth-order valence-electron chi connectivity index (χ4n) is 1.53. The van der Waals surface area contributed by atoms with Crippen LogP contribution in [0.25, 0.3) is 21.0 Å². The first-order chi connectivity index (χ1) is 7.93. The second kappa shape index (κ2) is 4.20. The SMILES string of the molecule is c1ccc(-c2cnc(-c3ccsc3)s2)cc1. The van der Waals surface area contributed by atoms with Crippen molar-refractivity contribution in [3.8, 4) is 21.0 Å². The first kappa shape index (κ1) is 9.75. The van der Waals surface area contributed by atoms with Crippen LogP contribution in [-0.2, 0) is 0 Å². The van der Waals surface area contributed by atoms with Crippen molar-refractivity contribution in [3.63, 3.8) is 0 Å². The van der Waals surface area contributed by atoms with Crippen LogP contribution >= 0.6 is 22.7 Å². The van der Waals surface area contributed by atoms with Gasteiger partial charge in [-0.25, -0.2) is 4.98 Å². The minimum Gasteiger partial charge on any atom is -0.244 e. The van der Waals surface area contributed by atoms with Gasteiger partial charge < -0.3 is 0 Å². The van der Waals surface area contributed by atoms with Crippen LogP contribution in [-0.4, -0.2) is 4.98 Å². The lowest BCUT2D eigenvalue weighted by Gasteiger charge is -1.93. The van der Waals surface area contributed by atoms with Gasteiger partial charge in [-0.2, -0.15) is 11.3 Å². The van der Waals surface area contributed by atoms with Crippen LogP contribution in [0.4, 0.5) is 0 Å². The molecule has 3 aromatic rings. The van der Waals surface area contributed by atoms with Crippen molar-refractivity contribution >= 4 is 22.7 Å². The molecule has 0 saturated carbocycles. The van der Waals surface area contributed by atoms with E-state index in [4.69, 9.17) is 0 Å². The normalized spacial score (nSPS) is 10.5. The van der Waals surface area contributed by atoms with Crippen molar-refractivity contribution in [1.82, 2.24) is 4.98 Å². The van der Waals surface area contributed by atoms with Gasteiger partial charge in [0.25, 0.3) is 0 Å². The third-order valence-electron chi connectivity index (χ3n) is 2.33. The maximum atomic E-state index is 4.46. The summed E-state index contributed by atoms with van der Waals surface area (Å²) in [4.78, 5) is 5.68. The van der Waals surface area contributed by atoms with Crippen LogP contribution in [0.3, 0.4) is 0 Å². The Morgan fingerprint density at radius 2 is 1.81 bits per heavy atom. The molecule has 0 spiro atoms. The maximum Gasteiger partial charge on any atom is 0.124 e. The van der Waals surface area contributed by atoms with Crippen LogP contribution in [0.15, 0.2) is 53.4 Å². The topological polar surface area (TPSA) is 12.9 Å². The molecule has 0 amide bonds. The van der Waals surface area contributed by atoms with Crippen molar-refractivity contribution < 1.29 is 0 Å². The van der Waals surface area contributed by atoms with Crippen LogP contribution in [0.1, 0.15) is 0 Å². The molecule has 0 aliphatic rings. The Morgan fingerprint density at radius 1 is 0.938 bits per heavy atom. The molecule has 0 bridgehead atoms. The van der Waals surface area contributed by atoms with Gasteiger partial charge in [0, 0.05) is 17.1 Å². The Kier molecular flexibility index (Phi) is 2.56. The molecule has 0 unspecified atom stereocenters. The smallest absolute Gasteiger partial charge is 0.124 e. The van der Waals surface area contributed by atoms with E-state index in [1.165, 1.54) is 16.0 Å². The van der Waals surface area contributed by atoms with E-state index < -0.39 is 0 Å². The average molecular weight is 243 g/mol. The zero-order valence-electron chi connectivity index (χ0n) is 8.46. The molecular formula is C13H9NS2. The van der Waals surface area contributed by atoms with Gasteiger partial charge in [-0.1, -0.05) is 30.3 Å². The fourth-order valence-corrected chi connectivity index (χ4v) is 3.16. The Balaban J connectivity index is 2.00. The lowest BCUT2D eigenvalue weighted by atomic mass is 10.2. The van der Waals surface area contributed by atoms with Gasteiger partial charge in [0.05, 0.1) is 4.88 Å². The molecule has 3 heteroatoms. The highest BCUT2D eigenvalue weighted by Crippen LogP contribution is 2.32. The van der Waals surface area contributed by atoms with Crippen molar-refractivity contribution in [3.05, 3.63) is 53.4 Å². The Hall–Kier alpha value is -1.45. The van der Waals surface area contributed by atoms with Crippen molar-refractivity contribution in [2.24, 2.45) is 0 Å². The van der Waals surface area contributed by atoms with Gasteiger partial charge >= 0.3 is 0 Å². The molecule has 16 heavy (non-hydrogen) atoms. The number of hydrogen-bond acceptors (Lipinski definition) is 3. The van der Waals surface area contributed by atoms with Crippen molar-refractivity contribution in [2.45, 2.75) is 0 Å². The zero-order chi connectivity index (χ0) is 10.8.